The van der Waals surface area contributed by atoms with Crippen LogP contribution in [0.15, 0.2) is 29.3 Å². The van der Waals surface area contributed by atoms with Crippen molar-refractivity contribution in [3.8, 4) is 0 Å². The van der Waals surface area contributed by atoms with E-state index in [1.165, 1.54) is 37.6 Å². The van der Waals surface area contributed by atoms with Gasteiger partial charge < -0.3 is 20.4 Å². The Labute approximate surface area is 212 Å². The molecule has 1 aromatic carbocycles. The van der Waals surface area contributed by atoms with E-state index in [2.05, 4.69) is 32.3 Å². The second kappa shape index (κ2) is 12.5. The highest BCUT2D eigenvalue weighted by atomic mass is 32.2. The Balaban J connectivity index is 1.14. The number of nitrogens with zero attached hydrogens (tertiary/aromatic N) is 3. The van der Waals surface area contributed by atoms with Gasteiger partial charge in [-0.25, -0.2) is 0 Å². The van der Waals surface area contributed by atoms with Gasteiger partial charge in [0.25, 0.3) is 11.8 Å². The molecule has 2 N–H and O–H groups in total. The Hall–Kier alpha value is -2.39. The van der Waals surface area contributed by atoms with Crippen LogP contribution in [0, 0.1) is 0 Å². The Bertz CT molecular complexity index is 929. The molecule has 3 amide bonds. The van der Waals surface area contributed by atoms with E-state index in [1.54, 1.807) is 24.3 Å². The van der Waals surface area contributed by atoms with Crippen LogP contribution in [-0.4, -0.2) is 76.7 Å². The first-order valence-electron chi connectivity index (χ1n) is 13.0. The van der Waals surface area contributed by atoms with Crippen molar-refractivity contribution >= 4 is 40.3 Å². The second-order valence-electron chi connectivity index (χ2n) is 9.71. The SMILES string of the molecule is C[C@@H]1CCCCN1CCCCNC(=O)c1ccc(NC(=O)C[C@@H]2SC(N3CCCC3)=NC2=O)cc1. The van der Waals surface area contributed by atoms with Crippen LogP contribution in [0.5, 0.6) is 0 Å². The minimum Gasteiger partial charge on any atom is -0.352 e. The fraction of sp³-hybridized carbons (Fsp3) is 0.615. The molecule has 0 saturated carbocycles. The minimum atomic E-state index is -0.464. The molecule has 3 heterocycles. The van der Waals surface area contributed by atoms with Gasteiger partial charge in [-0.3, -0.25) is 14.4 Å². The van der Waals surface area contributed by atoms with Gasteiger partial charge in [0.05, 0.1) is 0 Å². The van der Waals surface area contributed by atoms with Gasteiger partial charge in [0.15, 0.2) is 5.17 Å². The summed E-state index contributed by atoms with van der Waals surface area (Å²) in [5, 5.41) is 6.10. The van der Waals surface area contributed by atoms with Crippen LogP contribution < -0.4 is 10.6 Å². The Morgan fingerprint density at radius 3 is 2.54 bits per heavy atom. The largest absolute Gasteiger partial charge is 0.352 e. The monoisotopic (exact) mass is 499 g/mol. The number of anilines is 1. The third-order valence-corrected chi connectivity index (χ3v) is 8.22. The number of likely N-dealkylation sites (tertiary alicyclic amines) is 2. The number of rotatable bonds is 9. The van der Waals surface area contributed by atoms with Gasteiger partial charge in [0.2, 0.25) is 5.91 Å². The van der Waals surface area contributed by atoms with Crippen molar-refractivity contribution in [2.45, 2.75) is 69.6 Å². The third kappa shape index (κ3) is 7.30. The maximum absolute atomic E-state index is 12.5. The summed E-state index contributed by atoms with van der Waals surface area (Å²) in [6, 6.07) is 7.55. The number of carbonyl (C=O) groups is 3. The lowest BCUT2D eigenvalue weighted by Gasteiger charge is -2.33. The minimum absolute atomic E-state index is 0.0861. The van der Waals surface area contributed by atoms with Crippen molar-refractivity contribution in [1.82, 2.24) is 15.1 Å². The van der Waals surface area contributed by atoms with E-state index in [1.807, 2.05) is 0 Å². The zero-order valence-electron chi connectivity index (χ0n) is 20.6. The number of hydrogen-bond acceptors (Lipinski definition) is 6. The van der Waals surface area contributed by atoms with Crippen LogP contribution in [-0.2, 0) is 9.59 Å². The van der Waals surface area contributed by atoms with Crippen LogP contribution in [0.1, 0.15) is 68.6 Å². The highest BCUT2D eigenvalue weighted by Crippen LogP contribution is 2.29. The molecule has 9 heteroatoms. The van der Waals surface area contributed by atoms with Crippen LogP contribution in [0.4, 0.5) is 5.69 Å². The molecule has 190 valence electrons. The molecular formula is C26H37N5O3S. The maximum atomic E-state index is 12.5. The first-order valence-corrected chi connectivity index (χ1v) is 13.8. The average molecular weight is 500 g/mol. The van der Waals surface area contributed by atoms with Gasteiger partial charge in [-0.15, -0.1) is 0 Å². The summed E-state index contributed by atoms with van der Waals surface area (Å²) < 4.78 is 0. The Morgan fingerprint density at radius 1 is 1.06 bits per heavy atom. The summed E-state index contributed by atoms with van der Waals surface area (Å²) in [6.45, 7) is 7.11. The molecule has 35 heavy (non-hydrogen) atoms. The normalized spacial score (nSPS) is 22.8. The number of amides is 3. The zero-order valence-corrected chi connectivity index (χ0v) is 21.4. The van der Waals surface area contributed by atoms with E-state index in [0.29, 0.717) is 23.8 Å². The lowest BCUT2D eigenvalue weighted by molar-refractivity contribution is -0.121. The molecule has 2 atom stereocenters. The summed E-state index contributed by atoms with van der Waals surface area (Å²) in [5.74, 6) is -0.563. The molecule has 2 fully saturated rings. The molecule has 3 aliphatic heterocycles. The number of benzene rings is 1. The van der Waals surface area contributed by atoms with Gasteiger partial charge in [-0.2, -0.15) is 4.99 Å². The Morgan fingerprint density at radius 2 is 1.80 bits per heavy atom. The Kier molecular flexibility index (Phi) is 9.20. The molecule has 0 spiro atoms. The van der Waals surface area contributed by atoms with Crippen LogP contribution in [0.2, 0.25) is 0 Å². The molecule has 0 aromatic heterocycles. The highest BCUT2D eigenvalue weighted by Gasteiger charge is 2.33. The summed E-state index contributed by atoms with van der Waals surface area (Å²) >= 11 is 1.39. The predicted molar refractivity (Wildman–Crippen MR) is 141 cm³/mol. The molecule has 4 rings (SSSR count). The van der Waals surface area contributed by atoms with E-state index in [4.69, 9.17) is 0 Å². The van der Waals surface area contributed by atoms with Crippen molar-refractivity contribution in [3.05, 3.63) is 29.8 Å². The first kappa shape index (κ1) is 25.7. The molecular weight excluding hydrogens is 462 g/mol. The fourth-order valence-corrected chi connectivity index (χ4v) is 5.99. The van der Waals surface area contributed by atoms with Gasteiger partial charge in [-0.05, 0) is 82.8 Å². The molecule has 0 unspecified atom stereocenters. The van der Waals surface area contributed by atoms with Crippen molar-refractivity contribution in [1.29, 1.82) is 0 Å². The van der Waals surface area contributed by atoms with Crippen LogP contribution in [0.25, 0.3) is 0 Å². The predicted octanol–water partition coefficient (Wildman–Crippen LogP) is 3.49. The van der Waals surface area contributed by atoms with Crippen molar-refractivity contribution in [3.63, 3.8) is 0 Å². The molecule has 1 aromatic rings. The summed E-state index contributed by atoms with van der Waals surface area (Å²) in [7, 11) is 0. The topological polar surface area (TPSA) is 94.1 Å². The van der Waals surface area contributed by atoms with Gasteiger partial charge >= 0.3 is 0 Å². The van der Waals surface area contributed by atoms with Gasteiger partial charge in [0, 0.05) is 43.3 Å². The molecule has 0 bridgehead atoms. The number of amidine groups is 1. The summed E-state index contributed by atoms with van der Waals surface area (Å²) in [5.41, 5.74) is 1.18. The second-order valence-corrected chi connectivity index (χ2v) is 10.9. The standard InChI is InChI=1S/C26H37N5O3S/c1-19-8-2-4-14-30(19)15-5-3-13-27-24(33)20-9-11-21(12-10-20)28-23(32)18-22-25(34)29-26(35-22)31-16-6-7-17-31/h9-12,19,22H,2-8,13-18H2,1H3,(H,27,33)(H,28,32)/t19-,22+/m1/s1. The number of thioether (sulfide) groups is 1. The van der Waals surface area contributed by atoms with Crippen LogP contribution in [0.3, 0.4) is 0 Å². The number of carbonyl (C=O) groups excluding carboxylic acids is 3. The fourth-order valence-electron chi connectivity index (χ4n) is 4.87. The third-order valence-electron chi connectivity index (χ3n) is 7.01. The zero-order chi connectivity index (χ0) is 24.6. The van der Waals surface area contributed by atoms with Gasteiger partial charge in [0.1, 0.15) is 5.25 Å². The first-order chi connectivity index (χ1) is 17.0. The summed E-state index contributed by atoms with van der Waals surface area (Å²) in [4.78, 5) is 45.9. The lowest BCUT2D eigenvalue weighted by atomic mass is 10.0. The van der Waals surface area contributed by atoms with Crippen molar-refractivity contribution in [2.75, 3.05) is 38.0 Å². The number of piperidine rings is 1. The summed E-state index contributed by atoms with van der Waals surface area (Å²) in [6.07, 6.45) is 8.29. The van der Waals surface area contributed by atoms with E-state index in [-0.39, 0.29) is 24.1 Å². The molecule has 8 nitrogen and oxygen atoms in total. The number of hydrogen-bond donors (Lipinski definition) is 2. The number of aliphatic imine (C=N–C) groups is 1. The number of unbranched alkanes of at least 4 members (excludes halogenated alkanes) is 1. The molecule has 3 aliphatic rings. The maximum Gasteiger partial charge on any atom is 0.262 e. The van der Waals surface area contributed by atoms with Gasteiger partial charge in [-0.1, -0.05) is 18.2 Å². The van der Waals surface area contributed by atoms with Crippen molar-refractivity contribution in [2.24, 2.45) is 4.99 Å². The molecule has 0 aliphatic carbocycles. The smallest absolute Gasteiger partial charge is 0.262 e. The van der Waals surface area contributed by atoms with E-state index < -0.39 is 5.25 Å². The molecule has 2 saturated heterocycles. The highest BCUT2D eigenvalue weighted by molar-refractivity contribution is 8.15. The van der Waals surface area contributed by atoms with E-state index in [0.717, 1.165) is 50.5 Å². The van der Waals surface area contributed by atoms with E-state index in [9.17, 15) is 14.4 Å². The average Bonchev–Trinajstić information content (AvgIpc) is 3.51. The molecule has 0 radical (unpaired) electrons. The number of nitrogens with one attached hydrogen (secondary N) is 2. The van der Waals surface area contributed by atoms with Crippen molar-refractivity contribution < 1.29 is 14.4 Å². The van der Waals surface area contributed by atoms with E-state index >= 15 is 0 Å². The van der Waals surface area contributed by atoms with Crippen LogP contribution >= 0.6 is 11.8 Å². The quantitative estimate of drug-likeness (QED) is 0.505. The lowest BCUT2D eigenvalue weighted by Crippen LogP contribution is -2.38.